The SMILES string of the molecule is COc1cc(C=CC(=O)N2CCCCC2)ccc1[O-].[Na+]. The fourth-order valence-corrected chi connectivity index (χ4v) is 2.18. The molecule has 0 saturated carbocycles. The first-order chi connectivity index (χ1) is 9.20. The van der Waals surface area contributed by atoms with Crippen LogP contribution in [0.1, 0.15) is 24.8 Å². The van der Waals surface area contributed by atoms with Crippen molar-refractivity contribution in [3.63, 3.8) is 0 Å². The first-order valence-corrected chi connectivity index (χ1v) is 6.53. The smallest absolute Gasteiger partial charge is 0.870 e. The molecule has 0 N–H and O–H groups in total. The van der Waals surface area contributed by atoms with Gasteiger partial charge < -0.3 is 14.7 Å². The van der Waals surface area contributed by atoms with Crippen molar-refractivity contribution in [3.8, 4) is 11.5 Å². The van der Waals surface area contributed by atoms with E-state index >= 15 is 0 Å². The molecule has 0 aliphatic carbocycles. The van der Waals surface area contributed by atoms with Gasteiger partial charge in [-0.05, 0) is 37.0 Å². The number of benzene rings is 1. The van der Waals surface area contributed by atoms with Crippen molar-refractivity contribution in [1.82, 2.24) is 4.90 Å². The first kappa shape index (κ1) is 17.1. The third-order valence-corrected chi connectivity index (χ3v) is 3.27. The number of nitrogens with zero attached hydrogens (tertiary/aromatic N) is 1. The fourth-order valence-electron chi connectivity index (χ4n) is 2.18. The average molecular weight is 283 g/mol. The molecule has 1 aliphatic heterocycles. The molecule has 2 rings (SSSR count). The van der Waals surface area contributed by atoms with Gasteiger partial charge in [0.1, 0.15) is 5.75 Å². The Balaban J connectivity index is 0.00000200. The van der Waals surface area contributed by atoms with Crippen molar-refractivity contribution in [2.45, 2.75) is 19.3 Å². The van der Waals surface area contributed by atoms with Crippen molar-refractivity contribution < 1.29 is 44.2 Å². The van der Waals surface area contributed by atoms with Crippen LogP contribution in [0.3, 0.4) is 0 Å². The van der Waals surface area contributed by atoms with E-state index in [1.54, 1.807) is 24.3 Å². The second kappa shape index (κ2) is 8.35. The molecule has 0 spiro atoms. The number of likely N-dealkylation sites (tertiary alicyclic amines) is 1. The molecule has 0 radical (unpaired) electrons. The Kier molecular flexibility index (Phi) is 7.13. The summed E-state index contributed by atoms with van der Waals surface area (Å²) in [6, 6.07) is 4.77. The molecule has 1 aromatic carbocycles. The molecular weight excluding hydrogens is 265 g/mol. The number of methoxy groups -OCH3 is 1. The number of hydrogen-bond donors (Lipinski definition) is 0. The molecule has 1 saturated heterocycles. The minimum atomic E-state index is -0.151. The van der Waals surface area contributed by atoms with Crippen LogP contribution in [-0.2, 0) is 4.79 Å². The van der Waals surface area contributed by atoms with E-state index in [9.17, 15) is 9.90 Å². The van der Waals surface area contributed by atoms with Crippen molar-refractivity contribution in [3.05, 3.63) is 29.8 Å². The van der Waals surface area contributed by atoms with Gasteiger partial charge in [0.2, 0.25) is 5.91 Å². The molecule has 0 aromatic heterocycles. The fraction of sp³-hybridized carbons (Fsp3) is 0.400. The maximum atomic E-state index is 11.9. The van der Waals surface area contributed by atoms with Gasteiger partial charge in [0.15, 0.2) is 0 Å². The minimum Gasteiger partial charge on any atom is -0.870 e. The second-order valence-electron chi connectivity index (χ2n) is 4.63. The summed E-state index contributed by atoms with van der Waals surface area (Å²) in [6.07, 6.45) is 6.65. The number of carbonyl (C=O) groups is 1. The second-order valence-corrected chi connectivity index (χ2v) is 4.63. The predicted octanol–water partition coefficient (Wildman–Crippen LogP) is -1.20. The van der Waals surface area contributed by atoms with Gasteiger partial charge in [0.05, 0.1) is 7.11 Å². The summed E-state index contributed by atoms with van der Waals surface area (Å²) in [5, 5.41) is 11.4. The number of piperidine rings is 1. The molecule has 0 bridgehead atoms. The van der Waals surface area contributed by atoms with Crippen molar-refractivity contribution >= 4 is 12.0 Å². The van der Waals surface area contributed by atoms with E-state index in [1.807, 2.05) is 4.90 Å². The molecule has 4 nitrogen and oxygen atoms in total. The third-order valence-electron chi connectivity index (χ3n) is 3.27. The van der Waals surface area contributed by atoms with Gasteiger partial charge in [-0.3, -0.25) is 4.79 Å². The Hall–Kier alpha value is -0.970. The largest absolute Gasteiger partial charge is 1.00 e. The molecule has 5 heteroatoms. The van der Waals surface area contributed by atoms with Crippen LogP contribution in [-0.4, -0.2) is 31.0 Å². The van der Waals surface area contributed by atoms with Crippen molar-refractivity contribution in [2.75, 3.05) is 20.2 Å². The molecule has 1 heterocycles. The third kappa shape index (κ3) is 4.54. The zero-order valence-electron chi connectivity index (χ0n) is 12.1. The van der Waals surface area contributed by atoms with E-state index in [4.69, 9.17) is 4.74 Å². The molecule has 1 aliphatic rings. The summed E-state index contributed by atoms with van der Waals surface area (Å²) in [4.78, 5) is 13.8. The summed E-state index contributed by atoms with van der Waals surface area (Å²) in [7, 11) is 1.46. The van der Waals surface area contributed by atoms with Crippen molar-refractivity contribution in [2.24, 2.45) is 0 Å². The normalized spacial score (nSPS) is 14.9. The molecule has 1 aromatic rings. The Bertz CT molecular complexity index is 482. The summed E-state index contributed by atoms with van der Waals surface area (Å²) < 4.78 is 4.97. The van der Waals surface area contributed by atoms with Gasteiger partial charge in [-0.1, -0.05) is 17.9 Å². The molecule has 0 atom stereocenters. The van der Waals surface area contributed by atoms with Gasteiger partial charge in [0.25, 0.3) is 0 Å². The van der Waals surface area contributed by atoms with E-state index in [0.717, 1.165) is 31.5 Å². The molecule has 20 heavy (non-hydrogen) atoms. The maximum Gasteiger partial charge on any atom is 1.00 e. The van der Waals surface area contributed by atoms with Gasteiger partial charge in [-0.15, -0.1) is 0 Å². The standard InChI is InChI=1S/C15H19NO3.Na/c1-19-14-11-12(5-7-13(14)17)6-8-15(18)16-9-3-2-4-10-16;/h5-8,11,17H,2-4,9-10H2,1H3;/q;+1/p-1. The van der Waals surface area contributed by atoms with Gasteiger partial charge in [-0.2, -0.15) is 0 Å². The monoisotopic (exact) mass is 283 g/mol. The summed E-state index contributed by atoms with van der Waals surface area (Å²) in [6.45, 7) is 1.68. The van der Waals surface area contributed by atoms with Gasteiger partial charge in [-0.25, -0.2) is 0 Å². The number of ether oxygens (including phenoxy) is 1. The molecular formula is C15H18NNaO3. The summed E-state index contributed by atoms with van der Waals surface area (Å²) >= 11 is 0. The zero-order valence-corrected chi connectivity index (χ0v) is 14.1. The number of rotatable bonds is 3. The number of hydrogen-bond acceptors (Lipinski definition) is 3. The first-order valence-electron chi connectivity index (χ1n) is 6.53. The van der Waals surface area contributed by atoms with E-state index in [1.165, 1.54) is 19.6 Å². The van der Waals surface area contributed by atoms with Crippen LogP contribution >= 0.6 is 0 Å². The van der Waals surface area contributed by atoms with Crippen LogP contribution in [0, 0.1) is 0 Å². The molecule has 0 unspecified atom stereocenters. The van der Waals surface area contributed by atoms with Crippen LogP contribution < -0.4 is 39.4 Å². The van der Waals surface area contributed by atoms with Crippen LogP contribution in [0.4, 0.5) is 0 Å². The Morgan fingerprint density at radius 1 is 1.30 bits per heavy atom. The molecule has 102 valence electrons. The van der Waals surface area contributed by atoms with E-state index in [0.29, 0.717) is 5.75 Å². The van der Waals surface area contributed by atoms with E-state index in [-0.39, 0.29) is 41.2 Å². The Morgan fingerprint density at radius 3 is 2.65 bits per heavy atom. The van der Waals surface area contributed by atoms with Gasteiger partial charge >= 0.3 is 29.6 Å². The Labute approximate surface area is 141 Å². The van der Waals surface area contributed by atoms with Crippen LogP contribution in [0.15, 0.2) is 24.3 Å². The molecule has 1 amide bonds. The quantitative estimate of drug-likeness (QED) is 0.517. The zero-order chi connectivity index (χ0) is 13.7. The van der Waals surface area contributed by atoms with E-state index < -0.39 is 0 Å². The number of amides is 1. The van der Waals surface area contributed by atoms with Crippen LogP contribution in [0.25, 0.3) is 6.08 Å². The average Bonchev–Trinajstić information content (AvgIpc) is 2.47. The topological polar surface area (TPSA) is 52.6 Å². The summed E-state index contributed by atoms with van der Waals surface area (Å²) in [5.74, 6) is 0.180. The van der Waals surface area contributed by atoms with E-state index in [2.05, 4.69) is 0 Å². The van der Waals surface area contributed by atoms with Gasteiger partial charge in [0, 0.05) is 19.2 Å². The number of carbonyl (C=O) groups excluding carboxylic acids is 1. The minimum absolute atomic E-state index is 0. The molecule has 1 fully saturated rings. The predicted molar refractivity (Wildman–Crippen MR) is 71.9 cm³/mol. The summed E-state index contributed by atoms with van der Waals surface area (Å²) in [5.41, 5.74) is 0.793. The van der Waals surface area contributed by atoms with Crippen LogP contribution in [0.5, 0.6) is 11.5 Å². The Morgan fingerprint density at radius 2 is 2.00 bits per heavy atom. The maximum absolute atomic E-state index is 11.9. The van der Waals surface area contributed by atoms with Crippen LogP contribution in [0.2, 0.25) is 0 Å². The van der Waals surface area contributed by atoms with Crippen molar-refractivity contribution in [1.29, 1.82) is 0 Å².